The number of halogens is 2. The molecule has 1 heterocycles. The zero-order chi connectivity index (χ0) is 14.8. The van der Waals surface area contributed by atoms with Gasteiger partial charge in [-0.3, -0.25) is 0 Å². The van der Waals surface area contributed by atoms with Gasteiger partial charge in [-0.1, -0.05) is 30.9 Å². The van der Waals surface area contributed by atoms with Crippen molar-refractivity contribution in [2.75, 3.05) is 5.73 Å². The largest absolute Gasteiger partial charge is 0.368 e. The SMILES string of the molecule is Nc1nc(-c2ccc(F)c(Cl)c2)nc(C2CCCCC2)n1. The molecule has 1 aromatic carbocycles. The molecule has 1 aliphatic carbocycles. The monoisotopic (exact) mass is 306 g/mol. The van der Waals surface area contributed by atoms with Gasteiger partial charge in [-0.25, -0.2) is 9.37 Å². The highest BCUT2D eigenvalue weighted by Gasteiger charge is 2.20. The van der Waals surface area contributed by atoms with Gasteiger partial charge < -0.3 is 5.73 Å². The standard InChI is InChI=1S/C15H16ClFN4/c16-11-8-10(6-7-12(11)17)14-19-13(20-15(18)21-14)9-4-2-1-3-5-9/h6-9H,1-5H2,(H2,18,19,20,21). The Balaban J connectivity index is 1.98. The molecule has 21 heavy (non-hydrogen) atoms. The lowest BCUT2D eigenvalue weighted by Gasteiger charge is -2.20. The van der Waals surface area contributed by atoms with Gasteiger partial charge in [0.15, 0.2) is 5.82 Å². The van der Waals surface area contributed by atoms with Crippen LogP contribution in [0.1, 0.15) is 43.8 Å². The van der Waals surface area contributed by atoms with Crippen LogP contribution in [0.3, 0.4) is 0 Å². The van der Waals surface area contributed by atoms with Gasteiger partial charge in [-0.15, -0.1) is 0 Å². The molecule has 1 fully saturated rings. The van der Waals surface area contributed by atoms with E-state index in [1.54, 1.807) is 6.07 Å². The predicted molar refractivity (Wildman–Crippen MR) is 80.5 cm³/mol. The van der Waals surface area contributed by atoms with Crippen LogP contribution in [0, 0.1) is 5.82 Å². The number of nitrogens with zero attached hydrogens (tertiary/aromatic N) is 3. The van der Waals surface area contributed by atoms with Crippen LogP contribution in [-0.2, 0) is 0 Å². The van der Waals surface area contributed by atoms with Crippen LogP contribution in [0.15, 0.2) is 18.2 Å². The van der Waals surface area contributed by atoms with Gasteiger partial charge in [0, 0.05) is 11.5 Å². The molecule has 1 aliphatic rings. The summed E-state index contributed by atoms with van der Waals surface area (Å²) in [5.41, 5.74) is 6.45. The minimum absolute atomic E-state index is 0.0469. The molecule has 2 N–H and O–H groups in total. The van der Waals surface area contributed by atoms with Gasteiger partial charge >= 0.3 is 0 Å². The number of nitrogens with two attached hydrogens (primary N) is 1. The van der Waals surface area contributed by atoms with Crippen LogP contribution in [0.5, 0.6) is 0 Å². The topological polar surface area (TPSA) is 64.7 Å². The number of hydrogen-bond acceptors (Lipinski definition) is 4. The first kappa shape index (κ1) is 14.2. The molecule has 0 spiro atoms. The fourth-order valence-electron chi connectivity index (χ4n) is 2.72. The number of nitrogen functional groups attached to an aromatic ring is 1. The summed E-state index contributed by atoms with van der Waals surface area (Å²) in [5, 5.41) is 0.0469. The van der Waals surface area contributed by atoms with E-state index in [4.69, 9.17) is 17.3 Å². The van der Waals surface area contributed by atoms with Crippen LogP contribution in [0.25, 0.3) is 11.4 Å². The lowest BCUT2D eigenvalue weighted by Crippen LogP contribution is -2.12. The van der Waals surface area contributed by atoms with E-state index in [9.17, 15) is 4.39 Å². The molecule has 0 radical (unpaired) electrons. The fraction of sp³-hybridized carbons (Fsp3) is 0.400. The van der Waals surface area contributed by atoms with Gasteiger partial charge in [-0.05, 0) is 31.0 Å². The molecule has 0 amide bonds. The third-order valence-corrected chi connectivity index (χ3v) is 4.11. The summed E-state index contributed by atoms with van der Waals surface area (Å²) in [6.45, 7) is 0. The second kappa shape index (κ2) is 5.93. The van der Waals surface area contributed by atoms with Crippen molar-refractivity contribution in [2.24, 2.45) is 0 Å². The molecule has 0 atom stereocenters. The first-order valence-corrected chi connectivity index (χ1v) is 7.48. The van der Waals surface area contributed by atoms with Crippen LogP contribution in [0.2, 0.25) is 5.02 Å². The number of rotatable bonds is 2. The normalized spacial score (nSPS) is 16.1. The maximum atomic E-state index is 13.3. The molecule has 0 unspecified atom stereocenters. The third kappa shape index (κ3) is 3.13. The molecule has 0 saturated heterocycles. The van der Waals surface area contributed by atoms with Crippen molar-refractivity contribution in [3.05, 3.63) is 34.9 Å². The minimum Gasteiger partial charge on any atom is -0.368 e. The number of anilines is 1. The van der Waals surface area contributed by atoms with Crippen molar-refractivity contribution in [3.8, 4) is 11.4 Å². The Kier molecular flexibility index (Phi) is 4.01. The number of benzene rings is 1. The highest BCUT2D eigenvalue weighted by molar-refractivity contribution is 6.31. The summed E-state index contributed by atoms with van der Waals surface area (Å²) in [6, 6.07) is 4.41. The van der Waals surface area contributed by atoms with Crippen molar-refractivity contribution in [2.45, 2.75) is 38.0 Å². The number of aromatic nitrogens is 3. The Labute approximate surface area is 127 Å². The Hall–Kier alpha value is -1.75. The Morgan fingerprint density at radius 2 is 1.86 bits per heavy atom. The maximum Gasteiger partial charge on any atom is 0.223 e. The third-order valence-electron chi connectivity index (χ3n) is 3.82. The van der Waals surface area contributed by atoms with Crippen LogP contribution in [0.4, 0.5) is 10.3 Å². The molecule has 110 valence electrons. The molecule has 6 heteroatoms. The molecule has 2 aromatic rings. The average Bonchev–Trinajstić information content (AvgIpc) is 2.50. The lowest BCUT2D eigenvalue weighted by molar-refractivity contribution is 0.428. The molecule has 4 nitrogen and oxygen atoms in total. The van der Waals surface area contributed by atoms with Gasteiger partial charge in [-0.2, -0.15) is 9.97 Å². The molecular formula is C15H16ClFN4. The van der Waals surface area contributed by atoms with E-state index in [0.717, 1.165) is 18.7 Å². The Morgan fingerprint density at radius 3 is 2.57 bits per heavy atom. The average molecular weight is 307 g/mol. The zero-order valence-corrected chi connectivity index (χ0v) is 12.3. The van der Waals surface area contributed by atoms with Crippen LogP contribution < -0.4 is 5.73 Å². The molecule has 1 saturated carbocycles. The highest BCUT2D eigenvalue weighted by Crippen LogP contribution is 2.32. The number of hydrogen-bond donors (Lipinski definition) is 1. The quantitative estimate of drug-likeness (QED) is 0.912. The minimum atomic E-state index is -0.463. The second-order valence-electron chi connectivity index (χ2n) is 5.34. The van der Waals surface area contributed by atoms with E-state index >= 15 is 0 Å². The van der Waals surface area contributed by atoms with Crippen LogP contribution >= 0.6 is 11.6 Å². The van der Waals surface area contributed by atoms with Crippen molar-refractivity contribution < 1.29 is 4.39 Å². The molecule has 0 aliphatic heterocycles. The first-order valence-electron chi connectivity index (χ1n) is 7.10. The van der Waals surface area contributed by atoms with Crippen molar-refractivity contribution in [3.63, 3.8) is 0 Å². The van der Waals surface area contributed by atoms with E-state index in [2.05, 4.69) is 15.0 Å². The van der Waals surface area contributed by atoms with E-state index in [0.29, 0.717) is 17.3 Å². The summed E-state index contributed by atoms with van der Waals surface area (Å²) >= 11 is 5.81. The fourth-order valence-corrected chi connectivity index (χ4v) is 2.90. The first-order chi connectivity index (χ1) is 10.1. The van der Waals surface area contributed by atoms with Gasteiger partial charge in [0.2, 0.25) is 5.95 Å². The molecule has 1 aromatic heterocycles. The van der Waals surface area contributed by atoms with Crippen LogP contribution in [-0.4, -0.2) is 15.0 Å². The predicted octanol–water partition coefficient (Wildman–Crippen LogP) is 3.96. The Bertz CT molecular complexity index is 656. The smallest absolute Gasteiger partial charge is 0.223 e. The Morgan fingerprint density at radius 1 is 1.10 bits per heavy atom. The molecular weight excluding hydrogens is 291 g/mol. The maximum absolute atomic E-state index is 13.3. The summed E-state index contributed by atoms with van der Waals surface area (Å²) in [5.74, 6) is 1.25. The van der Waals surface area contributed by atoms with Crippen molar-refractivity contribution in [1.29, 1.82) is 0 Å². The summed E-state index contributed by atoms with van der Waals surface area (Å²) in [4.78, 5) is 12.9. The second-order valence-corrected chi connectivity index (χ2v) is 5.75. The van der Waals surface area contributed by atoms with Gasteiger partial charge in [0.05, 0.1) is 5.02 Å². The van der Waals surface area contributed by atoms with Crippen molar-refractivity contribution >= 4 is 17.5 Å². The van der Waals surface area contributed by atoms with Gasteiger partial charge in [0.25, 0.3) is 0 Å². The summed E-state index contributed by atoms with van der Waals surface area (Å²) < 4.78 is 13.3. The van der Waals surface area contributed by atoms with Crippen molar-refractivity contribution in [1.82, 2.24) is 15.0 Å². The van der Waals surface area contributed by atoms with E-state index in [1.807, 2.05) is 0 Å². The summed E-state index contributed by atoms with van der Waals surface area (Å²) in [7, 11) is 0. The lowest BCUT2D eigenvalue weighted by atomic mass is 9.89. The highest BCUT2D eigenvalue weighted by atomic mass is 35.5. The molecule has 3 rings (SSSR count). The van der Waals surface area contributed by atoms with E-state index in [-0.39, 0.29) is 11.0 Å². The van der Waals surface area contributed by atoms with E-state index in [1.165, 1.54) is 31.4 Å². The summed E-state index contributed by atoms with van der Waals surface area (Å²) in [6.07, 6.45) is 5.79. The molecule has 0 bridgehead atoms. The van der Waals surface area contributed by atoms with Gasteiger partial charge in [0.1, 0.15) is 11.6 Å². The van der Waals surface area contributed by atoms with E-state index < -0.39 is 5.82 Å². The zero-order valence-electron chi connectivity index (χ0n) is 11.5.